The van der Waals surface area contributed by atoms with Crippen LogP contribution >= 0.6 is 0 Å². The maximum Gasteiger partial charge on any atom is 0.227 e. The smallest absolute Gasteiger partial charge is 0.227 e. The van der Waals surface area contributed by atoms with E-state index in [2.05, 4.69) is 17.4 Å². The third kappa shape index (κ3) is 4.53. The van der Waals surface area contributed by atoms with Crippen LogP contribution in [0.1, 0.15) is 25.3 Å². The number of benzene rings is 2. The fourth-order valence-corrected chi connectivity index (χ4v) is 3.79. The summed E-state index contributed by atoms with van der Waals surface area (Å²) >= 11 is 0. The van der Waals surface area contributed by atoms with Crippen molar-refractivity contribution < 1.29 is 19.1 Å². The van der Waals surface area contributed by atoms with Crippen LogP contribution in [0.3, 0.4) is 0 Å². The molecule has 29 heavy (non-hydrogen) atoms. The van der Waals surface area contributed by atoms with Gasteiger partial charge in [-0.25, -0.2) is 0 Å². The molecule has 0 bridgehead atoms. The third-order valence-electron chi connectivity index (χ3n) is 5.43. The molecule has 6 heteroatoms. The highest BCUT2D eigenvalue weighted by atomic mass is 16.6. The highest BCUT2D eigenvalue weighted by Crippen LogP contribution is 2.36. The number of hydrogen-bond acceptors (Lipinski definition) is 4. The predicted octanol–water partition coefficient (Wildman–Crippen LogP) is 2.95. The van der Waals surface area contributed by atoms with Crippen LogP contribution in [0, 0.1) is 5.92 Å². The van der Waals surface area contributed by atoms with Crippen molar-refractivity contribution in [3.8, 4) is 11.5 Å². The van der Waals surface area contributed by atoms with Crippen molar-refractivity contribution in [2.45, 2.75) is 32.2 Å². The largest absolute Gasteiger partial charge is 0.486 e. The van der Waals surface area contributed by atoms with E-state index in [1.807, 2.05) is 43.3 Å². The number of carbonyl (C=O) groups is 2. The van der Waals surface area contributed by atoms with Crippen molar-refractivity contribution in [2.24, 2.45) is 5.92 Å². The molecule has 1 saturated heterocycles. The third-order valence-corrected chi connectivity index (χ3v) is 5.43. The lowest BCUT2D eigenvalue weighted by Gasteiger charge is -2.22. The lowest BCUT2D eigenvalue weighted by Crippen LogP contribution is -2.38. The summed E-state index contributed by atoms with van der Waals surface area (Å²) in [6, 6.07) is 15.8. The second kappa shape index (κ2) is 8.55. The lowest BCUT2D eigenvalue weighted by atomic mass is 10.0. The first-order chi connectivity index (χ1) is 14.1. The Bertz CT molecular complexity index is 884. The zero-order valence-corrected chi connectivity index (χ0v) is 16.6. The summed E-state index contributed by atoms with van der Waals surface area (Å²) in [5, 5.41) is 3.07. The first-order valence-corrected chi connectivity index (χ1v) is 10.1. The van der Waals surface area contributed by atoms with Crippen LogP contribution < -0.4 is 19.7 Å². The van der Waals surface area contributed by atoms with Gasteiger partial charge in [-0.1, -0.05) is 30.3 Å². The van der Waals surface area contributed by atoms with Crippen LogP contribution in [0.5, 0.6) is 11.5 Å². The van der Waals surface area contributed by atoms with Gasteiger partial charge in [0.1, 0.15) is 13.2 Å². The van der Waals surface area contributed by atoms with E-state index in [-0.39, 0.29) is 30.2 Å². The highest BCUT2D eigenvalue weighted by Gasteiger charge is 2.36. The maximum absolute atomic E-state index is 12.7. The number of ether oxygens (including phenoxy) is 2. The summed E-state index contributed by atoms with van der Waals surface area (Å²) in [6.07, 6.45) is 2.00. The van der Waals surface area contributed by atoms with Crippen LogP contribution in [-0.4, -0.2) is 37.6 Å². The SMILES string of the molecule is C[C@@H](CCc1ccccc1)NC(=O)[C@@H]1CC(=O)N(c2ccc3c(c2)OCCO3)C1. The minimum atomic E-state index is -0.338. The molecule has 0 aliphatic carbocycles. The van der Waals surface area contributed by atoms with Gasteiger partial charge >= 0.3 is 0 Å². The summed E-state index contributed by atoms with van der Waals surface area (Å²) in [7, 11) is 0. The van der Waals surface area contributed by atoms with Crippen LogP contribution in [0.2, 0.25) is 0 Å². The monoisotopic (exact) mass is 394 g/mol. The Morgan fingerprint density at radius 2 is 1.90 bits per heavy atom. The molecule has 0 radical (unpaired) electrons. The molecule has 0 unspecified atom stereocenters. The first-order valence-electron chi connectivity index (χ1n) is 10.1. The number of anilines is 1. The van der Waals surface area contributed by atoms with E-state index in [1.165, 1.54) is 5.56 Å². The number of nitrogens with zero attached hydrogens (tertiary/aromatic N) is 1. The van der Waals surface area contributed by atoms with E-state index in [0.717, 1.165) is 18.5 Å². The second-order valence-electron chi connectivity index (χ2n) is 7.67. The molecule has 2 aromatic carbocycles. The molecule has 0 aromatic heterocycles. The topological polar surface area (TPSA) is 67.9 Å². The van der Waals surface area contributed by atoms with Gasteiger partial charge in [-0.05, 0) is 37.5 Å². The zero-order chi connectivity index (χ0) is 20.2. The molecule has 0 saturated carbocycles. The van der Waals surface area contributed by atoms with Gasteiger partial charge in [0.2, 0.25) is 11.8 Å². The number of nitrogens with one attached hydrogen (secondary N) is 1. The summed E-state index contributed by atoms with van der Waals surface area (Å²) in [5.41, 5.74) is 2.00. The Hall–Kier alpha value is -3.02. The normalized spacial score (nSPS) is 19.1. The van der Waals surface area contributed by atoms with E-state index < -0.39 is 0 Å². The molecule has 2 heterocycles. The Morgan fingerprint density at radius 3 is 2.69 bits per heavy atom. The molecule has 2 amide bonds. The van der Waals surface area contributed by atoms with E-state index in [1.54, 1.807) is 4.90 Å². The number of rotatable bonds is 6. The van der Waals surface area contributed by atoms with Gasteiger partial charge in [0.25, 0.3) is 0 Å². The molecular weight excluding hydrogens is 368 g/mol. The van der Waals surface area contributed by atoms with Crippen LogP contribution in [0.25, 0.3) is 0 Å². The molecule has 6 nitrogen and oxygen atoms in total. The molecule has 2 atom stereocenters. The van der Waals surface area contributed by atoms with E-state index >= 15 is 0 Å². The minimum absolute atomic E-state index is 0.0428. The molecule has 1 N–H and O–H groups in total. The second-order valence-corrected chi connectivity index (χ2v) is 7.67. The van der Waals surface area contributed by atoms with Crippen molar-refractivity contribution in [3.05, 3.63) is 54.1 Å². The number of aryl methyl sites for hydroxylation is 1. The standard InChI is InChI=1S/C23H26N2O4/c1-16(7-8-17-5-3-2-4-6-17)24-23(27)18-13-22(26)25(15-18)19-9-10-20-21(14-19)29-12-11-28-20/h2-6,9-10,14,16,18H,7-8,11-13,15H2,1H3,(H,24,27)/t16-,18+/m0/s1. The van der Waals surface area contributed by atoms with Gasteiger partial charge in [-0.2, -0.15) is 0 Å². The van der Waals surface area contributed by atoms with Crippen molar-refractivity contribution >= 4 is 17.5 Å². The first kappa shape index (κ1) is 19.3. The predicted molar refractivity (Wildman–Crippen MR) is 110 cm³/mol. The van der Waals surface area contributed by atoms with Gasteiger partial charge in [0, 0.05) is 30.8 Å². The molecule has 1 fully saturated rings. The number of hydrogen-bond donors (Lipinski definition) is 1. The minimum Gasteiger partial charge on any atom is -0.486 e. The van der Waals surface area contributed by atoms with Gasteiger partial charge in [0.05, 0.1) is 5.92 Å². The van der Waals surface area contributed by atoms with Crippen molar-refractivity contribution in [3.63, 3.8) is 0 Å². The summed E-state index contributed by atoms with van der Waals surface area (Å²) < 4.78 is 11.1. The zero-order valence-electron chi connectivity index (χ0n) is 16.6. The number of fused-ring (bicyclic) bond motifs is 1. The molecule has 152 valence electrons. The molecular formula is C23H26N2O4. The van der Waals surface area contributed by atoms with Gasteiger partial charge in [-0.3, -0.25) is 9.59 Å². The van der Waals surface area contributed by atoms with Gasteiger partial charge in [-0.15, -0.1) is 0 Å². The summed E-state index contributed by atoms with van der Waals surface area (Å²) in [4.78, 5) is 26.9. The molecule has 2 aromatic rings. The van der Waals surface area contributed by atoms with Crippen molar-refractivity contribution in [2.75, 3.05) is 24.7 Å². The van der Waals surface area contributed by atoms with E-state index in [0.29, 0.717) is 31.3 Å². The van der Waals surface area contributed by atoms with E-state index in [9.17, 15) is 9.59 Å². The quantitative estimate of drug-likeness (QED) is 0.818. The van der Waals surface area contributed by atoms with Crippen LogP contribution in [-0.2, 0) is 16.0 Å². The maximum atomic E-state index is 12.7. The molecule has 4 rings (SSSR count). The Balaban J connectivity index is 1.33. The lowest BCUT2D eigenvalue weighted by molar-refractivity contribution is -0.126. The van der Waals surface area contributed by atoms with E-state index in [4.69, 9.17) is 9.47 Å². The van der Waals surface area contributed by atoms with Crippen LogP contribution in [0.15, 0.2) is 48.5 Å². The average Bonchev–Trinajstić information content (AvgIpc) is 3.14. The number of amides is 2. The van der Waals surface area contributed by atoms with Crippen molar-refractivity contribution in [1.29, 1.82) is 0 Å². The summed E-state index contributed by atoms with van der Waals surface area (Å²) in [6.45, 7) is 3.42. The Labute approximate surface area is 170 Å². The fourth-order valence-electron chi connectivity index (χ4n) is 3.79. The van der Waals surface area contributed by atoms with Crippen molar-refractivity contribution in [1.82, 2.24) is 5.32 Å². The fraction of sp³-hybridized carbons (Fsp3) is 0.391. The Kier molecular flexibility index (Phi) is 5.69. The average molecular weight is 394 g/mol. The molecule has 2 aliphatic rings. The molecule has 2 aliphatic heterocycles. The Morgan fingerprint density at radius 1 is 1.14 bits per heavy atom. The number of carbonyl (C=O) groups excluding carboxylic acids is 2. The molecule has 0 spiro atoms. The van der Waals surface area contributed by atoms with Gasteiger partial charge < -0.3 is 19.7 Å². The van der Waals surface area contributed by atoms with Gasteiger partial charge in [0.15, 0.2) is 11.5 Å². The highest BCUT2D eigenvalue weighted by molar-refractivity contribution is 6.00. The summed E-state index contributed by atoms with van der Waals surface area (Å²) in [5.74, 6) is 0.893. The van der Waals surface area contributed by atoms with Crippen LogP contribution in [0.4, 0.5) is 5.69 Å².